The predicted octanol–water partition coefficient (Wildman–Crippen LogP) is 8.06. The van der Waals surface area contributed by atoms with E-state index in [1.807, 2.05) is 31.2 Å². The van der Waals surface area contributed by atoms with Crippen molar-refractivity contribution in [3.05, 3.63) is 76.7 Å². The monoisotopic (exact) mass is 702 g/mol. The summed E-state index contributed by atoms with van der Waals surface area (Å²) in [6, 6.07) is 8.35. The first-order chi connectivity index (χ1) is 23.7. The number of carbonyl (C=O) groups excluding carboxylic acids is 1. The van der Waals surface area contributed by atoms with E-state index in [-0.39, 0.29) is 16.5 Å². The molecule has 5 aliphatic rings. The van der Waals surface area contributed by atoms with Crippen molar-refractivity contribution in [1.29, 1.82) is 0 Å². The number of nitrogens with zero attached hydrogens (tertiary/aromatic N) is 3. The minimum absolute atomic E-state index is 0.00431. The zero-order chi connectivity index (χ0) is 34.1. The van der Waals surface area contributed by atoms with Gasteiger partial charge >= 0.3 is 0 Å². The van der Waals surface area contributed by atoms with Gasteiger partial charge in [-0.1, -0.05) is 36.4 Å². The number of ether oxygens (including phenoxy) is 1. The number of halogens is 1. The summed E-state index contributed by atoms with van der Waals surface area (Å²) in [4.78, 5) is 26.9. The van der Waals surface area contributed by atoms with E-state index in [0.717, 1.165) is 76.8 Å². The van der Waals surface area contributed by atoms with Gasteiger partial charge in [-0.25, -0.2) is 9.97 Å². The molecule has 1 heterocycles. The second-order valence-electron chi connectivity index (χ2n) is 15.1. The number of aromatic nitrogens is 2. The number of nitrogens with one attached hydrogen (secondary N) is 1. The number of para-hydroxylation sites is 1. The lowest BCUT2D eigenvalue weighted by Crippen LogP contribution is -2.39. The number of aliphatic hydroxyl groups excluding tert-OH is 1. The Labute approximate surface area is 300 Å². The lowest BCUT2D eigenvalue weighted by atomic mass is 9.77. The van der Waals surface area contributed by atoms with E-state index in [1.54, 1.807) is 11.8 Å². The van der Waals surface area contributed by atoms with E-state index in [1.165, 1.54) is 25.7 Å². The number of hydrogen-bond acceptors (Lipinski definition) is 7. The van der Waals surface area contributed by atoms with Crippen LogP contribution < -0.4 is 10.2 Å². The van der Waals surface area contributed by atoms with Crippen molar-refractivity contribution in [3.63, 3.8) is 0 Å². The second kappa shape index (κ2) is 14.8. The number of aliphatic hydroxyl groups is 1. The number of fused-ring (bicyclic) bond motifs is 1. The number of benzene rings is 1. The van der Waals surface area contributed by atoms with Gasteiger partial charge in [0.1, 0.15) is 11.6 Å². The van der Waals surface area contributed by atoms with Crippen LogP contribution in [0.25, 0.3) is 10.9 Å². The number of hydrogen-bond donors (Lipinski definition) is 2. The normalized spacial score (nSPS) is 30.2. The van der Waals surface area contributed by atoms with Crippen LogP contribution in [0.2, 0.25) is 0 Å². The zero-order valence-corrected chi connectivity index (χ0v) is 30.7. The highest BCUT2D eigenvalue weighted by atomic mass is 35.5. The van der Waals surface area contributed by atoms with Crippen LogP contribution in [0.3, 0.4) is 0 Å². The van der Waals surface area contributed by atoms with E-state index in [9.17, 15) is 9.90 Å². The molecule has 5 aliphatic carbocycles. The van der Waals surface area contributed by atoms with Gasteiger partial charge in [-0.15, -0.1) is 23.4 Å². The molecule has 1 amide bonds. The standard InChI is InChI=1S/C40H51ClN4O3S/c1-4-48-28-13-9-26(10-14-28)35(46)22-36(49-29-15-11-27(41)12-16-29)39(47)42-24-25-17-19-40(20-18-25)23-33(40)31-21-32(31)37-43-34-8-6-5-7-30(34)38(44-37)45(2)3/h5-9,11,13,15-16,25,27,31-33,35-36,46H,4,10,12,14,17-24H2,1-3H3,(H,42,47)/t25?,27?,31-,32+,33+,35?,36?,40?/m0/s1. The van der Waals surface area contributed by atoms with E-state index in [2.05, 4.69) is 54.7 Å². The number of alkyl halides is 1. The number of carbonyl (C=O) groups is 1. The maximum absolute atomic E-state index is 13.7. The highest BCUT2D eigenvalue weighted by molar-refractivity contribution is 8.04. The van der Waals surface area contributed by atoms with Crippen LogP contribution >= 0.6 is 23.4 Å². The molecule has 1 aromatic carbocycles. The van der Waals surface area contributed by atoms with Gasteiger partial charge in [0.15, 0.2) is 0 Å². The van der Waals surface area contributed by atoms with Gasteiger partial charge in [0.25, 0.3) is 0 Å². The first-order valence-corrected chi connectivity index (χ1v) is 19.7. The molecule has 1 spiro atoms. The Balaban J connectivity index is 0.921. The van der Waals surface area contributed by atoms with Crippen LogP contribution in [0.1, 0.15) is 82.9 Å². The SMILES string of the molecule is CCOC1=CC=C(C(O)CC(SC2=CCC(Cl)C=C2)C(=O)NCC2CCC3(CC2)C[C@@H]3[C@H]2C[C@H]2c2nc(N(C)C)c3ccccc3n2)CC1. The summed E-state index contributed by atoms with van der Waals surface area (Å²) < 4.78 is 5.65. The Morgan fingerprint density at radius 1 is 1.18 bits per heavy atom. The van der Waals surface area contributed by atoms with Crippen molar-refractivity contribution in [2.75, 3.05) is 32.1 Å². The van der Waals surface area contributed by atoms with Gasteiger partial charge in [0, 0.05) is 43.3 Å². The first-order valence-electron chi connectivity index (χ1n) is 18.3. The number of anilines is 1. The smallest absolute Gasteiger partial charge is 0.233 e. The van der Waals surface area contributed by atoms with Gasteiger partial charge in [-0.05, 0) is 112 Å². The average Bonchev–Trinajstić information content (AvgIpc) is 4.04. The highest BCUT2D eigenvalue weighted by Crippen LogP contribution is 2.72. The lowest BCUT2D eigenvalue weighted by molar-refractivity contribution is -0.121. The van der Waals surface area contributed by atoms with E-state index < -0.39 is 6.10 Å². The highest BCUT2D eigenvalue weighted by Gasteiger charge is 2.63. The van der Waals surface area contributed by atoms with Gasteiger partial charge in [0.05, 0.1) is 34.6 Å². The Hall–Kier alpha value is -2.81. The first kappa shape index (κ1) is 34.6. The number of amides is 1. The molecule has 0 radical (unpaired) electrons. The van der Waals surface area contributed by atoms with E-state index in [0.29, 0.717) is 42.7 Å². The van der Waals surface area contributed by atoms with Gasteiger partial charge in [-0.2, -0.15) is 0 Å². The summed E-state index contributed by atoms with van der Waals surface area (Å²) >= 11 is 7.82. The second-order valence-corrected chi connectivity index (χ2v) is 16.9. The molecular weight excluding hydrogens is 652 g/mol. The zero-order valence-electron chi connectivity index (χ0n) is 29.1. The Bertz CT molecular complexity index is 1660. The molecule has 6 atom stereocenters. The summed E-state index contributed by atoms with van der Waals surface area (Å²) in [7, 11) is 4.13. The molecule has 49 heavy (non-hydrogen) atoms. The Kier molecular flexibility index (Phi) is 10.5. The molecule has 0 bridgehead atoms. The third kappa shape index (κ3) is 7.92. The fourth-order valence-electron chi connectivity index (χ4n) is 8.52. The molecule has 0 aliphatic heterocycles. The Morgan fingerprint density at radius 3 is 2.71 bits per heavy atom. The number of rotatable bonds is 13. The number of thioether (sulfide) groups is 1. The topological polar surface area (TPSA) is 87.6 Å². The molecule has 3 fully saturated rings. The van der Waals surface area contributed by atoms with Gasteiger partial charge in [-0.3, -0.25) is 4.79 Å². The fraction of sp³-hybridized carbons (Fsp3) is 0.575. The summed E-state index contributed by atoms with van der Waals surface area (Å²) in [5.41, 5.74) is 2.49. The Morgan fingerprint density at radius 2 is 2.00 bits per heavy atom. The molecule has 3 unspecified atom stereocenters. The largest absolute Gasteiger partial charge is 0.498 e. The predicted molar refractivity (Wildman–Crippen MR) is 201 cm³/mol. The van der Waals surface area contributed by atoms with Crippen LogP contribution in [0.4, 0.5) is 5.82 Å². The maximum atomic E-state index is 13.7. The summed E-state index contributed by atoms with van der Waals surface area (Å²) in [5, 5.41) is 15.3. The van der Waals surface area contributed by atoms with Crippen molar-refractivity contribution in [2.45, 2.75) is 93.8 Å². The molecule has 7 nitrogen and oxygen atoms in total. The molecule has 2 N–H and O–H groups in total. The van der Waals surface area contributed by atoms with Crippen molar-refractivity contribution < 1.29 is 14.6 Å². The number of allylic oxidation sites excluding steroid dienone is 6. The van der Waals surface area contributed by atoms with Crippen LogP contribution in [-0.4, -0.2) is 65.0 Å². The quantitative estimate of drug-likeness (QED) is 0.204. The van der Waals surface area contributed by atoms with Crippen molar-refractivity contribution in [3.8, 4) is 0 Å². The molecule has 1 aromatic heterocycles. The molecule has 2 aromatic rings. The molecule has 3 saturated carbocycles. The maximum Gasteiger partial charge on any atom is 0.233 e. The van der Waals surface area contributed by atoms with E-state index in [4.69, 9.17) is 26.3 Å². The third-order valence-corrected chi connectivity index (χ3v) is 13.1. The van der Waals surface area contributed by atoms with Crippen molar-refractivity contribution in [1.82, 2.24) is 15.3 Å². The molecule has 262 valence electrons. The molecule has 7 rings (SSSR count). The summed E-state index contributed by atoms with van der Waals surface area (Å²) in [5.74, 6) is 5.48. The fourth-order valence-corrected chi connectivity index (χ4v) is 9.83. The minimum Gasteiger partial charge on any atom is -0.498 e. The van der Waals surface area contributed by atoms with E-state index >= 15 is 0 Å². The summed E-state index contributed by atoms with van der Waals surface area (Å²) in [6.45, 7) is 3.33. The van der Waals surface area contributed by atoms with Gasteiger partial charge in [0.2, 0.25) is 5.91 Å². The lowest BCUT2D eigenvalue weighted by Gasteiger charge is -2.30. The van der Waals surface area contributed by atoms with Crippen molar-refractivity contribution >= 4 is 46.0 Å². The molecular formula is C40H51ClN4O3S. The molecule has 0 saturated heterocycles. The minimum atomic E-state index is -0.668. The van der Waals surface area contributed by atoms with Crippen LogP contribution in [-0.2, 0) is 9.53 Å². The van der Waals surface area contributed by atoms with Crippen LogP contribution in [0.15, 0.2) is 70.9 Å². The van der Waals surface area contributed by atoms with Crippen LogP contribution in [0.5, 0.6) is 0 Å². The van der Waals surface area contributed by atoms with Gasteiger partial charge < -0.3 is 20.1 Å². The third-order valence-electron chi connectivity index (χ3n) is 11.6. The van der Waals surface area contributed by atoms with Crippen molar-refractivity contribution in [2.24, 2.45) is 23.2 Å². The van der Waals surface area contributed by atoms with Crippen LogP contribution in [0, 0.1) is 23.2 Å². The molecule has 9 heteroatoms. The summed E-state index contributed by atoms with van der Waals surface area (Å²) in [6.07, 6.45) is 19.4. The average molecular weight is 703 g/mol.